The molecule has 2 heteroatoms. The van der Waals surface area contributed by atoms with Gasteiger partial charge in [0.05, 0.1) is 0 Å². The van der Waals surface area contributed by atoms with Gasteiger partial charge in [0.15, 0.2) is 0 Å². The van der Waals surface area contributed by atoms with Gasteiger partial charge in [0.25, 0.3) is 0 Å². The molecule has 0 bridgehead atoms. The van der Waals surface area contributed by atoms with E-state index in [1.165, 1.54) is 0 Å². The second kappa shape index (κ2) is 4.88. The van der Waals surface area contributed by atoms with Crippen LogP contribution in [0.15, 0.2) is 48.8 Å². The first-order chi connectivity index (χ1) is 7.79. The van der Waals surface area contributed by atoms with Gasteiger partial charge in [-0.05, 0) is 30.2 Å². The minimum atomic E-state index is 0.280. The number of hydrogen-bond donors (Lipinski definition) is 0. The molecule has 0 N–H and O–H groups in total. The van der Waals surface area contributed by atoms with Crippen LogP contribution in [-0.4, -0.2) is 9.97 Å². The van der Waals surface area contributed by atoms with E-state index in [1.807, 2.05) is 36.7 Å². The Hall–Kier alpha value is -1.70. The van der Waals surface area contributed by atoms with E-state index in [0.717, 1.165) is 11.4 Å². The molecule has 0 saturated carbocycles. The summed E-state index contributed by atoms with van der Waals surface area (Å²) in [5.74, 6) is 0.771. The molecule has 0 amide bonds. The van der Waals surface area contributed by atoms with Crippen molar-refractivity contribution in [3.8, 4) is 0 Å². The van der Waals surface area contributed by atoms with Crippen molar-refractivity contribution in [3.63, 3.8) is 0 Å². The number of pyridine rings is 2. The van der Waals surface area contributed by atoms with Gasteiger partial charge in [0, 0.05) is 29.7 Å². The van der Waals surface area contributed by atoms with Gasteiger partial charge >= 0.3 is 0 Å². The molecule has 0 aromatic carbocycles. The lowest BCUT2D eigenvalue weighted by Crippen LogP contribution is -2.11. The molecule has 0 fully saturated rings. The number of aromatic nitrogens is 2. The van der Waals surface area contributed by atoms with Crippen LogP contribution < -0.4 is 0 Å². The summed E-state index contributed by atoms with van der Waals surface area (Å²) in [6, 6.07) is 12.1. The number of rotatable bonds is 3. The monoisotopic (exact) mass is 212 g/mol. The molecular formula is C14H16N2. The first-order valence-corrected chi connectivity index (χ1v) is 5.61. The van der Waals surface area contributed by atoms with Crippen LogP contribution in [0.2, 0.25) is 0 Å². The van der Waals surface area contributed by atoms with Crippen LogP contribution >= 0.6 is 0 Å². The molecule has 2 aromatic heterocycles. The Morgan fingerprint density at radius 2 is 1.31 bits per heavy atom. The first-order valence-electron chi connectivity index (χ1n) is 5.61. The third-order valence-corrected chi connectivity index (χ3v) is 2.68. The Morgan fingerprint density at radius 1 is 0.812 bits per heavy atom. The number of nitrogens with zero attached hydrogens (tertiary/aromatic N) is 2. The Balaban J connectivity index is 2.40. The minimum Gasteiger partial charge on any atom is -0.261 e. The molecule has 82 valence electrons. The smallest absolute Gasteiger partial charge is 0.0496 e. The molecule has 0 saturated heterocycles. The predicted octanol–water partition coefficient (Wildman–Crippen LogP) is 3.26. The molecule has 0 aliphatic rings. The topological polar surface area (TPSA) is 25.8 Å². The van der Waals surface area contributed by atoms with E-state index in [9.17, 15) is 0 Å². The highest BCUT2D eigenvalue weighted by Crippen LogP contribution is 2.28. The molecule has 0 unspecified atom stereocenters. The second-order valence-corrected chi connectivity index (χ2v) is 4.23. The van der Waals surface area contributed by atoms with Crippen LogP contribution in [0.4, 0.5) is 0 Å². The molecule has 2 heterocycles. The normalized spacial score (nSPS) is 11.0. The zero-order valence-electron chi connectivity index (χ0n) is 9.67. The Bertz CT molecular complexity index is 384. The van der Waals surface area contributed by atoms with Gasteiger partial charge in [0.1, 0.15) is 0 Å². The molecule has 0 spiro atoms. The van der Waals surface area contributed by atoms with Crippen LogP contribution in [0.3, 0.4) is 0 Å². The van der Waals surface area contributed by atoms with Crippen molar-refractivity contribution in [1.82, 2.24) is 9.97 Å². The maximum Gasteiger partial charge on any atom is 0.0496 e. The summed E-state index contributed by atoms with van der Waals surface area (Å²) in [5.41, 5.74) is 2.19. The van der Waals surface area contributed by atoms with Crippen LogP contribution in [-0.2, 0) is 0 Å². The van der Waals surface area contributed by atoms with Gasteiger partial charge in [0.2, 0.25) is 0 Å². The molecule has 2 aromatic rings. The minimum absolute atomic E-state index is 0.280. The average molecular weight is 212 g/mol. The third kappa shape index (κ3) is 2.27. The second-order valence-electron chi connectivity index (χ2n) is 4.23. The Morgan fingerprint density at radius 3 is 1.62 bits per heavy atom. The zero-order valence-corrected chi connectivity index (χ0v) is 9.67. The molecule has 2 rings (SSSR count). The fraction of sp³-hybridized carbons (Fsp3) is 0.286. The fourth-order valence-corrected chi connectivity index (χ4v) is 1.95. The molecule has 2 nitrogen and oxygen atoms in total. The summed E-state index contributed by atoms with van der Waals surface area (Å²) in [6.45, 7) is 4.40. The van der Waals surface area contributed by atoms with Crippen molar-refractivity contribution in [2.75, 3.05) is 0 Å². The molecule has 0 aliphatic heterocycles. The van der Waals surface area contributed by atoms with Crippen LogP contribution in [0.5, 0.6) is 0 Å². The maximum atomic E-state index is 4.44. The summed E-state index contributed by atoms with van der Waals surface area (Å²) in [4.78, 5) is 8.87. The van der Waals surface area contributed by atoms with Gasteiger partial charge in [-0.25, -0.2) is 0 Å². The van der Waals surface area contributed by atoms with Crippen LogP contribution in [0, 0.1) is 5.92 Å². The van der Waals surface area contributed by atoms with Crippen LogP contribution in [0.25, 0.3) is 0 Å². The highest BCUT2D eigenvalue weighted by atomic mass is 14.7. The third-order valence-electron chi connectivity index (χ3n) is 2.68. The van der Waals surface area contributed by atoms with E-state index in [-0.39, 0.29) is 5.92 Å². The molecular weight excluding hydrogens is 196 g/mol. The van der Waals surface area contributed by atoms with Gasteiger partial charge in [-0.1, -0.05) is 26.0 Å². The number of hydrogen-bond acceptors (Lipinski definition) is 2. The van der Waals surface area contributed by atoms with E-state index in [0.29, 0.717) is 5.92 Å². The SMILES string of the molecule is CC(C)C(c1ccccn1)c1ccccn1. The quantitative estimate of drug-likeness (QED) is 0.780. The predicted molar refractivity (Wildman–Crippen MR) is 65.2 cm³/mol. The lowest BCUT2D eigenvalue weighted by molar-refractivity contribution is 0.541. The summed E-state index contributed by atoms with van der Waals surface area (Å²) in [5, 5.41) is 0. The summed E-state index contributed by atoms with van der Waals surface area (Å²) >= 11 is 0. The van der Waals surface area contributed by atoms with Crippen molar-refractivity contribution in [2.45, 2.75) is 19.8 Å². The molecule has 0 aliphatic carbocycles. The van der Waals surface area contributed by atoms with Crippen molar-refractivity contribution >= 4 is 0 Å². The van der Waals surface area contributed by atoms with E-state index in [2.05, 4.69) is 35.9 Å². The first kappa shape index (κ1) is 10.8. The summed E-state index contributed by atoms with van der Waals surface area (Å²) in [6.07, 6.45) is 3.68. The molecule has 0 radical (unpaired) electrons. The van der Waals surface area contributed by atoms with E-state index >= 15 is 0 Å². The van der Waals surface area contributed by atoms with Crippen molar-refractivity contribution in [2.24, 2.45) is 5.92 Å². The van der Waals surface area contributed by atoms with Gasteiger partial charge < -0.3 is 0 Å². The Kier molecular flexibility index (Phi) is 3.30. The Labute approximate surface area is 96.4 Å². The largest absolute Gasteiger partial charge is 0.261 e. The van der Waals surface area contributed by atoms with Gasteiger partial charge in [-0.15, -0.1) is 0 Å². The van der Waals surface area contributed by atoms with Gasteiger partial charge in [-0.2, -0.15) is 0 Å². The highest BCUT2D eigenvalue weighted by Gasteiger charge is 2.19. The van der Waals surface area contributed by atoms with Crippen molar-refractivity contribution < 1.29 is 0 Å². The van der Waals surface area contributed by atoms with E-state index < -0.39 is 0 Å². The average Bonchev–Trinajstić information content (AvgIpc) is 2.31. The fourth-order valence-electron chi connectivity index (χ4n) is 1.95. The van der Waals surface area contributed by atoms with Crippen molar-refractivity contribution in [3.05, 3.63) is 60.2 Å². The van der Waals surface area contributed by atoms with Crippen LogP contribution in [0.1, 0.15) is 31.2 Å². The van der Waals surface area contributed by atoms with E-state index in [1.54, 1.807) is 0 Å². The maximum absolute atomic E-state index is 4.44. The highest BCUT2D eigenvalue weighted by molar-refractivity contribution is 5.23. The lowest BCUT2D eigenvalue weighted by atomic mass is 9.88. The summed E-state index contributed by atoms with van der Waals surface area (Å²) in [7, 11) is 0. The molecule has 16 heavy (non-hydrogen) atoms. The van der Waals surface area contributed by atoms with E-state index in [4.69, 9.17) is 0 Å². The van der Waals surface area contributed by atoms with Gasteiger partial charge in [-0.3, -0.25) is 9.97 Å². The molecule has 0 atom stereocenters. The van der Waals surface area contributed by atoms with Crippen molar-refractivity contribution in [1.29, 1.82) is 0 Å². The zero-order chi connectivity index (χ0) is 11.4. The standard InChI is InChI=1S/C14H16N2/c1-11(2)14(12-7-3-5-9-15-12)13-8-4-6-10-16-13/h3-11,14H,1-2H3. The lowest BCUT2D eigenvalue weighted by Gasteiger charge is -2.19. The summed E-state index contributed by atoms with van der Waals surface area (Å²) < 4.78 is 0.